The van der Waals surface area contributed by atoms with Gasteiger partial charge in [0.1, 0.15) is 11.7 Å². The minimum atomic E-state index is -0.899. The summed E-state index contributed by atoms with van der Waals surface area (Å²) in [7, 11) is 0. The summed E-state index contributed by atoms with van der Waals surface area (Å²) in [5.74, 6) is 0.483. The molecule has 0 unspecified atom stereocenters. The molecule has 1 aliphatic rings. The van der Waals surface area contributed by atoms with Crippen molar-refractivity contribution in [3.8, 4) is 0 Å². The lowest BCUT2D eigenvalue weighted by Gasteiger charge is -2.34. The molecule has 2 rings (SSSR count). The Hall–Kier alpha value is -2.12. The van der Waals surface area contributed by atoms with Gasteiger partial charge in [0.25, 0.3) is 0 Å². The standard InChI is InChI=1S/C13H22N6O2/c1-2-19-9-16-17-10(19)8-15-12(20)13(11(14)18-21)6-4-3-5-7-13/h9,21H,2-8H2,1H3,(H2,14,18)(H,15,20). The largest absolute Gasteiger partial charge is 0.409 e. The molecule has 1 fully saturated rings. The fourth-order valence-corrected chi connectivity index (χ4v) is 2.86. The zero-order valence-electron chi connectivity index (χ0n) is 12.2. The summed E-state index contributed by atoms with van der Waals surface area (Å²) in [6.45, 7) is 3.00. The Balaban J connectivity index is 2.09. The van der Waals surface area contributed by atoms with E-state index >= 15 is 0 Å². The van der Waals surface area contributed by atoms with Crippen molar-refractivity contribution in [3.05, 3.63) is 12.2 Å². The first kappa shape index (κ1) is 15.3. The number of nitrogens with zero attached hydrogens (tertiary/aromatic N) is 4. The van der Waals surface area contributed by atoms with Crippen LogP contribution in [0.2, 0.25) is 0 Å². The molecule has 1 saturated carbocycles. The van der Waals surface area contributed by atoms with Crippen LogP contribution in [0.15, 0.2) is 11.5 Å². The molecule has 1 aromatic rings. The van der Waals surface area contributed by atoms with Crippen LogP contribution < -0.4 is 11.1 Å². The molecule has 8 nitrogen and oxygen atoms in total. The number of oxime groups is 1. The van der Waals surface area contributed by atoms with E-state index in [9.17, 15) is 4.79 Å². The molecule has 4 N–H and O–H groups in total. The van der Waals surface area contributed by atoms with E-state index < -0.39 is 5.41 Å². The number of aryl methyl sites for hydroxylation is 1. The monoisotopic (exact) mass is 294 g/mol. The van der Waals surface area contributed by atoms with Crippen molar-refractivity contribution in [2.24, 2.45) is 16.3 Å². The minimum Gasteiger partial charge on any atom is -0.409 e. The minimum absolute atomic E-state index is 0.00309. The highest BCUT2D eigenvalue weighted by Gasteiger charge is 2.43. The highest BCUT2D eigenvalue weighted by molar-refractivity contribution is 6.06. The van der Waals surface area contributed by atoms with Gasteiger partial charge < -0.3 is 20.8 Å². The third-order valence-electron chi connectivity index (χ3n) is 4.18. The van der Waals surface area contributed by atoms with Gasteiger partial charge in [-0.2, -0.15) is 0 Å². The van der Waals surface area contributed by atoms with Gasteiger partial charge in [-0.25, -0.2) is 0 Å². The van der Waals surface area contributed by atoms with Crippen LogP contribution >= 0.6 is 0 Å². The van der Waals surface area contributed by atoms with Crippen molar-refractivity contribution < 1.29 is 10.0 Å². The second-order valence-corrected chi connectivity index (χ2v) is 5.34. The topological polar surface area (TPSA) is 118 Å². The fourth-order valence-electron chi connectivity index (χ4n) is 2.86. The van der Waals surface area contributed by atoms with Gasteiger partial charge in [-0.3, -0.25) is 4.79 Å². The summed E-state index contributed by atoms with van der Waals surface area (Å²) in [5.41, 5.74) is 4.90. The highest BCUT2D eigenvalue weighted by Crippen LogP contribution is 2.36. The van der Waals surface area contributed by atoms with Crippen LogP contribution in [0.4, 0.5) is 0 Å². The Morgan fingerprint density at radius 2 is 2.24 bits per heavy atom. The predicted molar refractivity (Wildman–Crippen MR) is 76.5 cm³/mol. The quantitative estimate of drug-likeness (QED) is 0.318. The molecule has 1 aliphatic carbocycles. The van der Waals surface area contributed by atoms with E-state index in [2.05, 4.69) is 20.7 Å². The van der Waals surface area contributed by atoms with Crippen molar-refractivity contribution in [1.29, 1.82) is 0 Å². The number of amidine groups is 1. The maximum atomic E-state index is 12.6. The second-order valence-electron chi connectivity index (χ2n) is 5.34. The first-order chi connectivity index (χ1) is 10.1. The number of rotatable bonds is 5. The average Bonchev–Trinajstić information content (AvgIpc) is 2.99. The highest BCUT2D eigenvalue weighted by atomic mass is 16.4. The van der Waals surface area contributed by atoms with Crippen LogP contribution in [0.1, 0.15) is 44.9 Å². The molecule has 116 valence electrons. The molecule has 21 heavy (non-hydrogen) atoms. The van der Waals surface area contributed by atoms with Gasteiger partial charge in [-0.1, -0.05) is 24.4 Å². The SMILES string of the molecule is CCn1cnnc1CNC(=O)C1(C(N)=NO)CCCCC1. The lowest BCUT2D eigenvalue weighted by atomic mass is 9.72. The van der Waals surface area contributed by atoms with Crippen LogP contribution in [-0.2, 0) is 17.9 Å². The van der Waals surface area contributed by atoms with Crippen LogP contribution in [-0.4, -0.2) is 31.7 Å². The number of nitrogens with two attached hydrogens (primary N) is 1. The average molecular weight is 294 g/mol. The van der Waals surface area contributed by atoms with E-state index in [1.807, 2.05) is 11.5 Å². The Morgan fingerprint density at radius 1 is 1.52 bits per heavy atom. The maximum Gasteiger partial charge on any atom is 0.234 e. The molecule has 0 spiro atoms. The molecule has 0 bridgehead atoms. The molecular weight excluding hydrogens is 272 g/mol. The number of amides is 1. The van der Waals surface area contributed by atoms with Gasteiger partial charge in [0.15, 0.2) is 11.7 Å². The van der Waals surface area contributed by atoms with E-state index in [1.54, 1.807) is 6.33 Å². The third-order valence-corrected chi connectivity index (χ3v) is 4.18. The van der Waals surface area contributed by atoms with Crippen LogP contribution in [0, 0.1) is 5.41 Å². The number of aromatic nitrogens is 3. The van der Waals surface area contributed by atoms with E-state index in [4.69, 9.17) is 10.9 Å². The van der Waals surface area contributed by atoms with Gasteiger partial charge in [-0.05, 0) is 19.8 Å². The molecule has 1 heterocycles. The number of nitrogens with one attached hydrogen (secondary N) is 1. The summed E-state index contributed by atoms with van der Waals surface area (Å²) in [4.78, 5) is 12.6. The van der Waals surface area contributed by atoms with Gasteiger partial charge in [0, 0.05) is 6.54 Å². The summed E-state index contributed by atoms with van der Waals surface area (Å²) in [5, 5.41) is 22.7. The summed E-state index contributed by atoms with van der Waals surface area (Å²) in [6, 6.07) is 0. The zero-order chi connectivity index (χ0) is 15.3. The maximum absolute atomic E-state index is 12.6. The molecule has 1 amide bonds. The van der Waals surface area contributed by atoms with Crippen molar-refractivity contribution in [2.45, 2.75) is 52.1 Å². The zero-order valence-corrected chi connectivity index (χ0v) is 12.2. The Morgan fingerprint density at radius 3 is 2.86 bits per heavy atom. The van der Waals surface area contributed by atoms with Gasteiger partial charge >= 0.3 is 0 Å². The van der Waals surface area contributed by atoms with E-state index in [1.165, 1.54) is 0 Å². The van der Waals surface area contributed by atoms with Crippen molar-refractivity contribution in [1.82, 2.24) is 20.1 Å². The van der Waals surface area contributed by atoms with E-state index in [-0.39, 0.29) is 18.3 Å². The summed E-state index contributed by atoms with van der Waals surface area (Å²) in [6.07, 6.45) is 5.70. The van der Waals surface area contributed by atoms with Gasteiger partial charge in [0.2, 0.25) is 5.91 Å². The Labute approximate surface area is 123 Å². The Bertz CT molecular complexity index is 518. The second kappa shape index (κ2) is 6.55. The lowest BCUT2D eigenvalue weighted by molar-refractivity contribution is -0.129. The Kier molecular flexibility index (Phi) is 4.77. The summed E-state index contributed by atoms with van der Waals surface area (Å²) < 4.78 is 1.86. The van der Waals surface area contributed by atoms with Gasteiger partial charge in [-0.15, -0.1) is 10.2 Å². The lowest BCUT2D eigenvalue weighted by Crippen LogP contribution is -2.50. The molecule has 0 atom stereocenters. The number of carbonyl (C=O) groups is 1. The van der Waals surface area contributed by atoms with Crippen molar-refractivity contribution in [2.75, 3.05) is 0 Å². The van der Waals surface area contributed by atoms with Crippen LogP contribution in [0.25, 0.3) is 0 Å². The first-order valence-electron chi connectivity index (χ1n) is 7.27. The number of carbonyl (C=O) groups excluding carboxylic acids is 1. The predicted octanol–water partition coefficient (Wildman–Crippen LogP) is 0.611. The molecule has 0 aromatic carbocycles. The molecular formula is C13H22N6O2. The fraction of sp³-hybridized carbons (Fsp3) is 0.692. The summed E-state index contributed by atoms with van der Waals surface area (Å²) >= 11 is 0. The van der Waals surface area contributed by atoms with Gasteiger partial charge in [0.05, 0.1) is 6.54 Å². The number of hydrogen-bond acceptors (Lipinski definition) is 5. The molecule has 8 heteroatoms. The van der Waals surface area contributed by atoms with Crippen LogP contribution in [0.5, 0.6) is 0 Å². The smallest absolute Gasteiger partial charge is 0.234 e. The van der Waals surface area contributed by atoms with Crippen molar-refractivity contribution >= 4 is 11.7 Å². The van der Waals surface area contributed by atoms with Crippen molar-refractivity contribution in [3.63, 3.8) is 0 Å². The van der Waals surface area contributed by atoms with E-state index in [0.717, 1.165) is 25.8 Å². The van der Waals surface area contributed by atoms with E-state index in [0.29, 0.717) is 18.7 Å². The van der Waals surface area contributed by atoms with Crippen LogP contribution in [0.3, 0.4) is 0 Å². The molecule has 1 aromatic heterocycles. The first-order valence-corrected chi connectivity index (χ1v) is 7.27. The number of hydrogen-bond donors (Lipinski definition) is 3. The third kappa shape index (κ3) is 2.98. The normalized spacial score (nSPS) is 18.4. The molecule has 0 aliphatic heterocycles. The molecule has 0 radical (unpaired) electrons. The molecule has 0 saturated heterocycles.